The lowest BCUT2D eigenvalue weighted by Gasteiger charge is -1.78. The highest BCUT2D eigenvalue weighted by molar-refractivity contribution is 7.73. The summed E-state index contributed by atoms with van der Waals surface area (Å²) in [6.45, 7) is 3.71. The second kappa shape index (κ2) is 7.74. The van der Waals surface area contributed by atoms with Crippen molar-refractivity contribution in [1.29, 1.82) is 0 Å². The molecule has 0 spiro atoms. The molecule has 56 valence electrons. The van der Waals surface area contributed by atoms with Crippen LogP contribution >= 0.6 is 0 Å². The van der Waals surface area contributed by atoms with Crippen LogP contribution < -0.4 is 0 Å². The zero-order chi connectivity index (χ0) is 7.86. The molecular weight excluding hydrogens is 144 g/mol. The van der Waals surface area contributed by atoms with Crippen molar-refractivity contribution in [2.24, 2.45) is 5.92 Å². The van der Waals surface area contributed by atoms with Crippen molar-refractivity contribution in [1.82, 2.24) is 0 Å². The topological polar surface area (TPSA) is 74.6 Å². The van der Waals surface area contributed by atoms with Crippen LogP contribution in [0.5, 0.6) is 0 Å². The molecule has 0 aliphatic rings. The summed E-state index contributed by atoms with van der Waals surface area (Å²) in [5, 5.41) is 0. The molecule has 4 nitrogen and oxygen atoms in total. The number of hydrogen-bond donors (Lipinski definition) is 2. The first-order valence-corrected chi connectivity index (χ1v) is 3.32. The SMILES string of the molecule is CC(C)C=O.O=S(O)O. The lowest BCUT2D eigenvalue weighted by atomic mass is 10.3. The van der Waals surface area contributed by atoms with Crippen molar-refractivity contribution in [2.45, 2.75) is 13.8 Å². The van der Waals surface area contributed by atoms with Crippen LogP contribution in [0.15, 0.2) is 0 Å². The third-order valence-electron chi connectivity index (χ3n) is 0.272. The summed E-state index contributed by atoms with van der Waals surface area (Å²) >= 11 is -2.61. The van der Waals surface area contributed by atoms with Gasteiger partial charge in [0.25, 0.3) is 11.4 Å². The monoisotopic (exact) mass is 154 g/mol. The van der Waals surface area contributed by atoms with E-state index in [-0.39, 0.29) is 5.92 Å². The number of hydrogen-bond acceptors (Lipinski definition) is 2. The molecule has 0 rings (SSSR count). The molecule has 0 fully saturated rings. The molecule has 0 atom stereocenters. The van der Waals surface area contributed by atoms with Gasteiger partial charge in [0.05, 0.1) is 0 Å². The van der Waals surface area contributed by atoms with Crippen LogP contribution in [0.2, 0.25) is 0 Å². The van der Waals surface area contributed by atoms with Crippen LogP contribution in [0.3, 0.4) is 0 Å². The van der Waals surface area contributed by atoms with Gasteiger partial charge in [0.15, 0.2) is 0 Å². The van der Waals surface area contributed by atoms with Crippen LogP contribution in [0, 0.1) is 5.92 Å². The molecule has 0 bridgehead atoms. The molecule has 9 heavy (non-hydrogen) atoms. The molecule has 0 unspecified atom stereocenters. The van der Waals surface area contributed by atoms with Gasteiger partial charge in [-0.15, -0.1) is 0 Å². The quantitative estimate of drug-likeness (QED) is 0.426. The van der Waals surface area contributed by atoms with Gasteiger partial charge in [-0.3, -0.25) is 9.11 Å². The zero-order valence-corrected chi connectivity index (χ0v) is 6.09. The highest BCUT2D eigenvalue weighted by Crippen LogP contribution is 1.78. The first-order chi connectivity index (χ1) is 4.00. The molecule has 0 heterocycles. The van der Waals surface area contributed by atoms with E-state index in [0.29, 0.717) is 0 Å². The first kappa shape index (κ1) is 11.5. The van der Waals surface area contributed by atoms with Gasteiger partial charge in [-0.1, -0.05) is 13.8 Å². The van der Waals surface area contributed by atoms with Crippen molar-refractivity contribution in [2.75, 3.05) is 0 Å². The average molecular weight is 154 g/mol. The van der Waals surface area contributed by atoms with E-state index in [1.54, 1.807) is 0 Å². The average Bonchev–Trinajstić information content (AvgIpc) is 1.65. The van der Waals surface area contributed by atoms with E-state index < -0.39 is 11.4 Å². The number of rotatable bonds is 1. The Morgan fingerprint density at radius 1 is 1.44 bits per heavy atom. The van der Waals surface area contributed by atoms with Crippen molar-refractivity contribution >= 4 is 17.6 Å². The summed E-state index contributed by atoms with van der Waals surface area (Å²) in [4.78, 5) is 9.50. The lowest BCUT2D eigenvalue weighted by Crippen LogP contribution is -1.82. The molecule has 5 heteroatoms. The molecule has 0 amide bonds. The molecular formula is C4H10O4S. The van der Waals surface area contributed by atoms with E-state index in [0.717, 1.165) is 6.29 Å². The minimum atomic E-state index is -2.61. The Morgan fingerprint density at radius 3 is 1.56 bits per heavy atom. The van der Waals surface area contributed by atoms with Gasteiger partial charge in [0.2, 0.25) is 0 Å². The van der Waals surface area contributed by atoms with E-state index in [1.807, 2.05) is 13.8 Å². The standard InChI is InChI=1S/C4H8O.H2O3S/c1-4(2)3-5;1-4(2)3/h3-4H,1-2H3;(H2,1,2,3). The van der Waals surface area contributed by atoms with Crippen LogP contribution in [0.4, 0.5) is 0 Å². The molecule has 0 aromatic heterocycles. The van der Waals surface area contributed by atoms with E-state index in [2.05, 4.69) is 0 Å². The maximum atomic E-state index is 9.50. The van der Waals surface area contributed by atoms with E-state index in [4.69, 9.17) is 13.3 Å². The van der Waals surface area contributed by atoms with Gasteiger partial charge in [0.1, 0.15) is 6.29 Å². The Balaban J connectivity index is 0. The normalized spacial score (nSPS) is 8.67. The van der Waals surface area contributed by atoms with Crippen LogP contribution in [0.25, 0.3) is 0 Å². The predicted molar refractivity (Wildman–Crippen MR) is 34.3 cm³/mol. The Morgan fingerprint density at radius 2 is 1.56 bits per heavy atom. The molecule has 2 N–H and O–H groups in total. The minimum Gasteiger partial charge on any atom is -0.303 e. The summed E-state index contributed by atoms with van der Waals surface area (Å²) < 4.78 is 22.8. The van der Waals surface area contributed by atoms with Gasteiger partial charge in [-0.25, -0.2) is 0 Å². The van der Waals surface area contributed by atoms with E-state index in [9.17, 15) is 4.79 Å². The second-order valence-corrected chi connectivity index (χ2v) is 2.07. The van der Waals surface area contributed by atoms with Crippen LogP contribution in [0.1, 0.15) is 13.8 Å². The zero-order valence-electron chi connectivity index (χ0n) is 5.27. The third kappa shape index (κ3) is 84.2. The number of carbonyl (C=O) groups is 1. The second-order valence-electron chi connectivity index (χ2n) is 1.61. The first-order valence-electron chi connectivity index (χ1n) is 2.26. The van der Waals surface area contributed by atoms with Crippen LogP contribution in [-0.4, -0.2) is 19.6 Å². The molecule has 0 saturated carbocycles. The molecule has 0 saturated heterocycles. The molecule has 0 aliphatic heterocycles. The smallest absolute Gasteiger partial charge is 0.299 e. The molecule has 0 radical (unpaired) electrons. The van der Waals surface area contributed by atoms with Crippen molar-refractivity contribution in [3.05, 3.63) is 0 Å². The highest BCUT2D eigenvalue weighted by atomic mass is 32.2. The summed E-state index contributed by atoms with van der Waals surface area (Å²) in [6.07, 6.45) is 0.917. The summed E-state index contributed by atoms with van der Waals surface area (Å²) in [6, 6.07) is 0. The van der Waals surface area contributed by atoms with Gasteiger partial charge in [0, 0.05) is 5.92 Å². The van der Waals surface area contributed by atoms with Gasteiger partial charge < -0.3 is 4.79 Å². The summed E-state index contributed by atoms with van der Waals surface area (Å²) in [5.74, 6) is 0.204. The lowest BCUT2D eigenvalue weighted by molar-refractivity contribution is -0.110. The fraction of sp³-hybridized carbons (Fsp3) is 0.750. The number of aldehydes is 1. The Hall–Kier alpha value is -0.260. The van der Waals surface area contributed by atoms with Gasteiger partial charge in [-0.05, 0) is 0 Å². The van der Waals surface area contributed by atoms with E-state index >= 15 is 0 Å². The predicted octanol–water partition coefficient (Wildman–Crippen LogP) is 0.522. The third-order valence-corrected chi connectivity index (χ3v) is 0.272. The van der Waals surface area contributed by atoms with Crippen molar-refractivity contribution in [3.8, 4) is 0 Å². The largest absolute Gasteiger partial charge is 0.303 e. The fourth-order valence-electron chi connectivity index (χ4n) is 0. The maximum Gasteiger partial charge on any atom is 0.299 e. The highest BCUT2D eigenvalue weighted by Gasteiger charge is 1.79. The summed E-state index contributed by atoms with van der Waals surface area (Å²) in [7, 11) is 0. The minimum absolute atomic E-state index is 0.204. The fourth-order valence-corrected chi connectivity index (χ4v) is 0. The molecule has 0 aliphatic carbocycles. The van der Waals surface area contributed by atoms with E-state index in [1.165, 1.54) is 0 Å². The van der Waals surface area contributed by atoms with Gasteiger partial charge in [-0.2, -0.15) is 4.21 Å². The van der Waals surface area contributed by atoms with Crippen molar-refractivity contribution < 1.29 is 18.1 Å². The Labute approximate surface area is 56.4 Å². The van der Waals surface area contributed by atoms with Gasteiger partial charge >= 0.3 is 0 Å². The number of carbonyl (C=O) groups excluding carboxylic acids is 1. The van der Waals surface area contributed by atoms with Crippen LogP contribution in [-0.2, 0) is 16.2 Å². The maximum absolute atomic E-state index is 9.50. The summed E-state index contributed by atoms with van der Waals surface area (Å²) in [5.41, 5.74) is 0. The Kier molecular flexibility index (Phi) is 9.91. The Bertz CT molecular complexity index is 86.6. The molecule has 0 aromatic carbocycles. The van der Waals surface area contributed by atoms with Crippen molar-refractivity contribution in [3.63, 3.8) is 0 Å². The molecule has 0 aromatic rings.